The normalized spacial score (nSPS) is 11.8. The van der Waals surface area contributed by atoms with Crippen molar-refractivity contribution < 1.29 is 23.1 Å². The molecule has 1 amide bonds. The summed E-state index contributed by atoms with van der Waals surface area (Å²) in [6.45, 7) is -1.52. The van der Waals surface area contributed by atoms with E-state index in [0.717, 1.165) is 5.41 Å². The second-order valence-electron chi connectivity index (χ2n) is 3.89. The van der Waals surface area contributed by atoms with Crippen LogP contribution in [0.15, 0.2) is 35.7 Å². The van der Waals surface area contributed by atoms with Gasteiger partial charge in [-0.15, -0.1) is 0 Å². The Morgan fingerprint density at radius 2 is 1.80 bits per heavy atom. The van der Waals surface area contributed by atoms with Crippen LogP contribution in [0.2, 0.25) is 0 Å². The van der Waals surface area contributed by atoms with E-state index >= 15 is 0 Å². The van der Waals surface area contributed by atoms with E-state index in [-0.39, 0.29) is 0 Å². The van der Waals surface area contributed by atoms with Gasteiger partial charge in [-0.25, -0.2) is 8.42 Å². The van der Waals surface area contributed by atoms with Crippen molar-refractivity contribution in [1.29, 1.82) is 0 Å². The number of sulfonamides is 1. The highest BCUT2D eigenvalue weighted by Gasteiger charge is 2.23. The van der Waals surface area contributed by atoms with Crippen molar-refractivity contribution in [3.63, 3.8) is 0 Å². The van der Waals surface area contributed by atoms with Crippen LogP contribution in [-0.2, 0) is 19.6 Å². The Bertz CT molecular complexity index is 594. The lowest BCUT2D eigenvalue weighted by molar-refractivity contribution is -0.137. The van der Waals surface area contributed by atoms with E-state index in [0.29, 0.717) is 9.87 Å². The molecule has 0 saturated carbocycles. The van der Waals surface area contributed by atoms with Crippen molar-refractivity contribution in [2.75, 3.05) is 13.1 Å². The number of primary amides is 1. The maximum absolute atomic E-state index is 11.9. The minimum absolute atomic E-state index is 0.497. The highest BCUT2D eigenvalue weighted by Crippen LogP contribution is 2.07. The molecule has 0 aliphatic carbocycles. The molecule has 0 aliphatic heterocycles. The summed E-state index contributed by atoms with van der Waals surface area (Å²) >= 11 is 0. The monoisotopic (exact) mass is 298 g/mol. The zero-order chi connectivity index (χ0) is 15.2. The molecular weight excluding hydrogens is 284 g/mol. The van der Waals surface area contributed by atoms with Gasteiger partial charge in [-0.05, 0) is 11.6 Å². The van der Waals surface area contributed by atoms with E-state index in [2.05, 4.69) is 0 Å². The zero-order valence-corrected chi connectivity index (χ0v) is 11.3. The van der Waals surface area contributed by atoms with Crippen LogP contribution >= 0.6 is 0 Å². The first-order valence-corrected chi connectivity index (χ1v) is 7.05. The maximum Gasteiger partial charge on any atom is 0.318 e. The molecule has 0 bridgehead atoms. The first kappa shape index (κ1) is 15.9. The van der Waals surface area contributed by atoms with Gasteiger partial charge in [0.15, 0.2) is 0 Å². The van der Waals surface area contributed by atoms with Gasteiger partial charge in [0.25, 0.3) is 0 Å². The average Bonchev–Trinajstić information content (AvgIpc) is 2.36. The van der Waals surface area contributed by atoms with Crippen molar-refractivity contribution in [3.8, 4) is 0 Å². The second-order valence-corrected chi connectivity index (χ2v) is 5.70. The summed E-state index contributed by atoms with van der Waals surface area (Å²) in [6, 6.07) is 8.59. The molecule has 0 spiro atoms. The molecule has 0 saturated heterocycles. The number of carbonyl (C=O) groups is 2. The molecule has 0 aliphatic rings. The third-order valence-corrected chi connectivity index (χ3v) is 3.69. The minimum Gasteiger partial charge on any atom is -0.480 e. The van der Waals surface area contributed by atoms with Crippen LogP contribution in [0.4, 0.5) is 0 Å². The van der Waals surface area contributed by atoms with Crippen LogP contribution in [0, 0.1) is 0 Å². The predicted molar refractivity (Wildman–Crippen MR) is 72.8 cm³/mol. The molecule has 1 rings (SSSR count). The molecule has 3 N–H and O–H groups in total. The lowest BCUT2D eigenvalue weighted by Gasteiger charge is -2.15. The number of carbonyl (C=O) groups excluding carboxylic acids is 1. The summed E-state index contributed by atoms with van der Waals surface area (Å²) in [4.78, 5) is 21.4. The number of carboxylic acid groups (broad SMARTS) is 1. The predicted octanol–water partition coefficient (Wildman–Crippen LogP) is -0.141. The van der Waals surface area contributed by atoms with Crippen LogP contribution in [0.1, 0.15) is 5.56 Å². The molecule has 0 aromatic heterocycles. The molecule has 0 unspecified atom stereocenters. The minimum atomic E-state index is -4.04. The number of benzene rings is 1. The van der Waals surface area contributed by atoms with Crippen molar-refractivity contribution >= 4 is 28.0 Å². The van der Waals surface area contributed by atoms with Crippen LogP contribution in [-0.4, -0.2) is 42.8 Å². The van der Waals surface area contributed by atoms with Gasteiger partial charge in [-0.1, -0.05) is 30.3 Å². The Kier molecular flexibility index (Phi) is 5.42. The standard InChI is InChI=1S/C12H14N2O5S/c13-11(15)8-14(9-12(16)17)20(18,19)7-6-10-4-2-1-3-5-10/h1-7H,8-9H2,(H2,13,15)(H,16,17)/b7-6+. The Labute approximate surface area is 116 Å². The molecule has 0 radical (unpaired) electrons. The van der Waals surface area contributed by atoms with E-state index in [1.807, 2.05) is 0 Å². The van der Waals surface area contributed by atoms with Crippen molar-refractivity contribution in [2.24, 2.45) is 5.73 Å². The molecule has 8 heteroatoms. The van der Waals surface area contributed by atoms with Gasteiger partial charge in [0.05, 0.1) is 6.54 Å². The quantitative estimate of drug-likeness (QED) is 0.726. The number of amides is 1. The summed E-state index contributed by atoms with van der Waals surface area (Å²) < 4.78 is 24.4. The number of nitrogens with two attached hydrogens (primary N) is 1. The summed E-state index contributed by atoms with van der Waals surface area (Å²) in [5.41, 5.74) is 5.54. The number of hydrogen-bond donors (Lipinski definition) is 2. The fraction of sp³-hybridized carbons (Fsp3) is 0.167. The van der Waals surface area contributed by atoms with Gasteiger partial charge >= 0.3 is 5.97 Å². The van der Waals surface area contributed by atoms with E-state index in [4.69, 9.17) is 10.8 Å². The number of hydrogen-bond acceptors (Lipinski definition) is 4. The smallest absolute Gasteiger partial charge is 0.318 e. The number of nitrogens with zero attached hydrogens (tertiary/aromatic N) is 1. The fourth-order valence-electron chi connectivity index (χ4n) is 1.38. The topological polar surface area (TPSA) is 118 Å². The lowest BCUT2D eigenvalue weighted by Crippen LogP contribution is -2.40. The molecule has 1 aromatic carbocycles. The maximum atomic E-state index is 11.9. The Morgan fingerprint density at radius 3 is 2.30 bits per heavy atom. The average molecular weight is 298 g/mol. The lowest BCUT2D eigenvalue weighted by atomic mass is 10.2. The van der Waals surface area contributed by atoms with Crippen molar-refractivity contribution in [3.05, 3.63) is 41.3 Å². The third-order valence-electron chi connectivity index (χ3n) is 2.24. The second kappa shape index (κ2) is 6.83. The number of carboxylic acids is 1. The summed E-state index contributed by atoms with van der Waals surface area (Å²) in [6.07, 6.45) is 1.31. The van der Waals surface area contributed by atoms with Gasteiger partial charge in [0.2, 0.25) is 15.9 Å². The molecule has 1 aromatic rings. The molecule has 108 valence electrons. The van der Waals surface area contributed by atoms with Gasteiger partial charge in [-0.3, -0.25) is 9.59 Å². The molecule has 7 nitrogen and oxygen atoms in total. The molecular formula is C12H14N2O5S. The van der Waals surface area contributed by atoms with E-state index in [9.17, 15) is 18.0 Å². The van der Waals surface area contributed by atoms with E-state index in [1.165, 1.54) is 6.08 Å². The van der Waals surface area contributed by atoms with Gasteiger partial charge in [-0.2, -0.15) is 4.31 Å². The fourth-order valence-corrected chi connectivity index (χ4v) is 2.47. The highest BCUT2D eigenvalue weighted by molar-refractivity contribution is 7.92. The Balaban J connectivity index is 2.95. The summed E-state index contributed by atoms with van der Waals surface area (Å²) in [5, 5.41) is 9.50. The van der Waals surface area contributed by atoms with Crippen LogP contribution in [0.25, 0.3) is 6.08 Å². The molecule has 0 fully saturated rings. The van der Waals surface area contributed by atoms with Gasteiger partial charge in [0.1, 0.15) is 6.54 Å². The van der Waals surface area contributed by atoms with E-state index in [1.54, 1.807) is 30.3 Å². The largest absolute Gasteiger partial charge is 0.480 e. The van der Waals surface area contributed by atoms with Crippen LogP contribution in [0.5, 0.6) is 0 Å². The Morgan fingerprint density at radius 1 is 1.20 bits per heavy atom. The molecule has 0 atom stereocenters. The summed E-state index contributed by atoms with van der Waals surface area (Å²) in [7, 11) is -4.04. The van der Waals surface area contributed by atoms with Crippen molar-refractivity contribution in [1.82, 2.24) is 4.31 Å². The van der Waals surface area contributed by atoms with Gasteiger partial charge < -0.3 is 10.8 Å². The first-order chi connectivity index (χ1) is 9.31. The van der Waals surface area contributed by atoms with Crippen molar-refractivity contribution in [2.45, 2.75) is 0 Å². The third kappa shape index (κ3) is 5.21. The van der Waals surface area contributed by atoms with E-state index < -0.39 is 35.0 Å². The van der Waals surface area contributed by atoms with Gasteiger partial charge in [0, 0.05) is 5.41 Å². The van der Waals surface area contributed by atoms with Crippen LogP contribution < -0.4 is 5.73 Å². The summed E-state index contributed by atoms with van der Waals surface area (Å²) in [5.74, 6) is -2.30. The molecule has 20 heavy (non-hydrogen) atoms. The zero-order valence-electron chi connectivity index (χ0n) is 10.5. The SMILES string of the molecule is NC(=O)CN(CC(=O)O)S(=O)(=O)/C=C/c1ccccc1. The Hall–Kier alpha value is -2.19. The molecule has 0 heterocycles. The van der Waals surface area contributed by atoms with Crippen LogP contribution in [0.3, 0.4) is 0 Å². The highest BCUT2D eigenvalue weighted by atomic mass is 32.2. The first-order valence-electron chi connectivity index (χ1n) is 5.54. The number of aliphatic carboxylic acids is 1. The number of rotatable bonds is 7.